The Kier molecular flexibility index (Phi) is 9.12. The third-order valence-electron chi connectivity index (χ3n) is 13.7. The monoisotopic (exact) mass is 824 g/mol. The van der Waals surface area contributed by atoms with Crippen LogP contribution in [0.5, 0.6) is 0 Å². The quantitative estimate of drug-likeness (QED) is 0.166. The largest absolute Gasteiger partial charge is 0.455 e. The van der Waals surface area contributed by atoms with Gasteiger partial charge in [-0.25, -0.2) is 0 Å². The third-order valence-corrected chi connectivity index (χ3v) is 13.7. The zero-order chi connectivity index (χ0) is 44.5. The smallest absolute Gasteiger partial charge is 0.252 e. The van der Waals surface area contributed by atoms with Crippen LogP contribution in [0.25, 0.3) is 33.1 Å². The molecule has 0 atom stereocenters. The van der Waals surface area contributed by atoms with E-state index >= 15 is 0 Å². The summed E-state index contributed by atoms with van der Waals surface area (Å²) in [5.74, 6) is 0. The second-order valence-electron chi connectivity index (χ2n) is 22.4. The van der Waals surface area contributed by atoms with Gasteiger partial charge in [-0.05, 0) is 121 Å². The van der Waals surface area contributed by atoms with Gasteiger partial charge >= 0.3 is 0 Å². The Hall–Kier alpha value is -6.00. The number of anilines is 6. The van der Waals surface area contributed by atoms with Gasteiger partial charge in [0.1, 0.15) is 11.2 Å². The molecule has 0 unspecified atom stereocenters. The molecule has 0 bridgehead atoms. The molecule has 0 amide bonds. The summed E-state index contributed by atoms with van der Waals surface area (Å²) < 4.78 is 6.85. The van der Waals surface area contributed by atoms with Crippen molar-refractivity contribution in [3.63, 3.8) is 0 Å². The molecule has 2 aliphatic heterocycles. The molecule has 8 aromatic rings. The fraction of sp³-hybridized carbons (Fsp3) is 0.288. The fourth-order valence-corrected chi connectivity index (χ4v) is 10.2. The summed E-state index contributed by atoms with van der Waals surface area (Å²) in [6.45, 7) is 29.9. The number of para-hydroxylation sites is 2. The highest BCUT2D eigenvalue weighted by Gasteiger charge is 2.44. The van der Waals surface area contributed by atoms with Gasteiger partial charge in [0, 0.05) is 56.0 Å². The SMILES string of the molecule is Cc1cc2c3c(c1)N(c1ccc(-c4cccc5c4oc4c(C(C)(C)C)cccc45)cc1)c1cc(C(C)(C)C)ccc1B3c1cc(C(C)(C)C)ccc1N2c1ccc(C(C)(C)C)cc1. The maximum Gasteiger partial charge on any atom is 0.252 e. The second-order valence-corrected chi connectivity index (χ2v) is 22.4. The maximum atomic E-state index is 6.85. The summed E-state index contributed by atoms with van der Waals surface area (Å²) >= 11 is 0. The van der Waals surface area contributed by atoms with Crippen LogP contribution in [0.15, 0.2) is 138 Å². The van der Waals surface area contributed by atoms with Gasteiger partial charge in [0.05, 0.1) is 0 Å². The number of hydrogen-bond acceptors (Lipinski definition) is 3. The first-order chi connectivity index (χ1) is 29.7. The van der Waals surface area contributed by atoms with Gasteiger partial charge in [-0.15, -0.1) is 0 Å². The van der Waals surface area contributed by atoms with E-state index in [0.717, 1.165) is 33.4 Å². The van der Waals surface area contributed by atoms with E-state index < -0.39 is 0 Å². The Balaban J connectivity index is 1.19. The van der Waals surface area contributed by atoms with E-state index in [2.05, 4.69) is 233 Å². The van der Waals surface area contributed by atoms with Gasteiger partial charge < -0.3 is 14.2 Å². The minimum absolute atomic E-state index is 0.00640. The van der Waals surface area contributed by atoms with Crippen molar-refractivity contribution in [3.05, 3.63) is 161 Å². The summed E-state index contributed by atoms with van der Waals surface area (Å²) in [5.41, 5.74) is 22.0. The molecule has 0 saturated heterocycles. The van der Waals surface area contributed by atoms with Crippen LogP contribution >= 0.6 is 0 Å². The molecule has 0 spiro atoms. The Morgan fingerprint density at radius 2 is 0.952 bits per heavy atom. The number of fused-ring (bicyclic) bond motifs is 7. The lowest BCUT2D eigenvalue weighted by molar-refractivity contribution is 0.573. The van der Waals surface area contributed by atoms with Crippen LogP contribution in [0.4, 0.5) is 34.1 Å². The standard InChI is InChI=1S/C59H61BN2O/c1-36-32-51-53-52(33-36)62(41-26-20-37(21-27-41)43-16-14-17-44-45-18-15-19-46(59(11,12)13)55(45)63-54(43)44)50-35-40(58(8,9)10)24-30-47(50)60(53)48-34-39(57(5,6)7)25-31-49(48)61(51)42-28-22-38(23-29-42)56(2,3)4/h14-35H,1-13H3. The average Bonchev–Trinajstić information content (AvgIpc) is 3.61. The van der Waals surface area contributed by atoms with E-state index in [0.29, 0.717) is 0 Å². The molecule has 4 heteroatoms. The van der Waals surface area contributed by atoms with E-state index in [9.17, 15) is 0 Å². The molecule has 2 aliphatic rings. The van der Waals surface area contributed by atoms with Crippen LogP contribution in [-0.4, -0.2) is 6.71 Å². The van der Waals surface area contributed by atoms with E-state index in [1.165, 1.54) is 78.0 Å². The van der Waals surface area contributed by atoms with Crippen molar-refractivity contribution in [1.82, 2.24) is 0 Å². The van der Waals surface area contributed by atoms with Gasteiger partial charge in [0.2, 0.25) is 0 Å². The molecule has 7 aromatic carbocycles. The van der Waals surface area contributed by atoms with Crippen molar-refractivity contribution < 1.29 is 4.42 Å². The maximum absolute atomic E-state index is 6.85. The molecule has 0 aliphatic carbocycles. The minimum Gasteiger partial charge on any atom is -0.455 e. The number of benzene rings is 7. The first-order valence-electron chi connectivity index (χ1n) is 22.9. The minimum atomic E-state index is -0.0361. The molecule has 0 N–H and O–H groups in total. The normalized spacial score (nSPS) is 14.0. The van der Waals surface area contributed by atoms with Crippen LogP contribution in [0.1, 0.15) is 111 Å². The molecule has 0 saturated carbocycles. The molecule has 10 rings (SSSR count). The van der Waals surface area contributed by atoms with Crippen molar-refractivity contribution in [2.75, 3.05) is 9.80 Å². The second kappa shape index (κ2) is 14.0. The summed E-state index contributed by atoms with van der Waals surface area (Å²) in [7, 11) is 0. The van der Waals surface area contributed by atoms with E-state index in [-0.39, 0.29) is 28.4 Å². The Morgan fingerprint density at radius 3 is 1.56 bits per heavy atom. The van der Waals surface area contributed by atoms with Gasteiger partial charge in [-0.2, -0.15) is 0 Å². The molecule has 1 aromatic heterocycles. The molecule has 0 radical (unpaired) electrons. The lowest BCUT2D eigenvalue weighted by atomic mass is 9.33. The fourth-order valence-electron chi connectivity index (χ4n) is 10.2. The molecular formula is C59H61BN2O. The summed E-state index contributed by atoms with van der Waals surface area (Å²) in [4.78, 5) is 5.08. The number of hydrogen-bond donors (Lipinski definition) is 0. The zero-order valence-electron chi connectivity index (χ0n) is 39.6. The molecule has 3 heterocycles. The van der Waals surface area contributed by atoms with Gasteiger partial charge in [0.15, 0.2) is 0 Å². The van der Waals surface area contributed by atoms with Crippen LogP contribution in [0.2, 0.25) is 0 Å². The summed E-state index contributed by atoms with van der Waals surface area (Å²) in [6, 6.07) is 51.0. The lowest BCUT2D eigenvalue weighted by Gasteiger charge is -2.45. The highest BCUT2D eigenvalue weighted by Crippen LogP contribution is 2.47. The summed E-state index contributed by atoms with van der Waals surface area (Å²) in [5, 5.41) is 2.33. The van der Waals surface area contributed by atoms with Crippen LogP contribution in [0.3, 0.4) is 0 Å². The molecular weight excluding hydrogens is 763 g/mol. The van der Waals surface area contributed by atoms with Crippen LogP contribution in [-0.2, 0) is 21.7 Å². The van der Waals surface area contributed by atoms with Gasteiger partial charge in [0.25, 0.3) is 6.71 Å². The van der Waals surface area contributed by atoms with Crippen molar-refractivity contribution in [2.24, 2.45) is 0 Å². The topological polar surface area (TPSA) is 19.6 Å². The first kappa shape index (κ1) is 41.0. The Labute approximate surface area is 375 Å². The lowest BCUT2D eigenvalue weighted by Crippen LogP contribution is -2.61. The Bertz CT molecular complexity index is 3100. The molecule has 0 fully saturated rings. The highest BCUT2D eigenvalue weighted by atomic mass is 16.3. The Morgan fingerprint density at radius 1 is 0.429 bits per heavy atom. The van der Waals surface area contributed by atoms with E-state index in [1.807, 2.05) is 0 Å². The predicted octanol–water partition coefficient (Wildman–Crippen LogP) is 14.8. The van der Waals surface area contributed by atoms with Crippen molar-refractivity contribution >= 4 is 79.2 Å². The summed E-state index contributed by atoms with van der Waals surface area (Å²) in [6.07, 6.45) is 0. The zero-order valence-corrected chi connectivity index (χ0v) is 39.6. The highest BCUT2D eigenvalue weighted by molar-refractivity contribution is 7.00. The number of aryl methyl sites for hydroxylation is 1. The van der Waals surface area contributed by atoms with Crippen LogP contribution < -0.4 is 26.2 Å². The van der Waals surface area contributed by atoms with E-state index in [1.54, 1.807) is 0 Å². The van der Waals surface area contributed by atoms with Gasteiger partial charge in [-0.3, -0.25) is 0 Å². The predicted molar refractivity (Wildman–Crippen MR) is 273 cm³/mol. The number of furan rings is 1. The third kappa shape index (κ3) is 6.71. The van der Waals surface area contributed by atoms with Crippen molar-refractivity contribution in [2.45, 2.75) is 112 Å². The molecule has 63 heavy (non-hydrogen) atoms. The van der Waals surface area contributed by atoms with Crippen molar-refractivity contribution in [3.8, 4) is 11.1 Å². The number of nitrogens with zero attached hydrogens (tertiary/aromatic N) is 2. The van der Waals surface area contributed by atoms with Gasteiger partial charge in [-0.1, -0.05) is 168 Å². The number of rotatable bonds is 3. The molecule has 3 nitrogen and oxygen atoms in total. The van der Waals surface area contributed by atoms with Crippen LogP contribution in [0, 0.1) is 6.92 Å². The molecule has 316 valence electrons. The van der Waals surface area contributed by atoms with Crippen molar-refractivity contribution in [1.29, 1.82) is 0 Å². The first-order valence-corrected chi connectivity index (χ1v) is 22.9. The average molecular weight is 825 g/mol. The van der Waals surface area contributed by atoms with E-state index in [4.69, 9.17) is 4.42 Å².